The molecule has 0 aliphatic carbocycles. The predicted octanol–water partition coefficient (Wildman–Crippen LogP) is 5.63. The van der Waals surface area contributed by atoms with Crippen LogP contribution in [0.25, 0.3) is 6.08 Å². The molecule has 1 aliphatic rings. The summed E-state index contributed by atoms with van der Waals surface area (Å²) in [6, 6.07) is 12.6. The Morgan fingerprint density at radius 1 is 1.05 bits per heavy atom. The number of pyridine rings is 1. The van der Waals surface area contributed by atoms with Gasteiger partial charge in [0, 0.05) is 68.0 Å². The van der Waals surface area contributed by atoms with Crippen LogP contribution in [0.15, 0.2) is 67.0 Å². The van der Waals surface area contributed by atoms with E-state index in [1.165, 1.54) is 12.1 Å². The zero-order valence-electron chi connectivity index (χ0n) is 22.0. The highest BCUT2D eigenvalue weighted by Gasteiger charge is 2.36. The first-order valence-electron chi connectivity index (χ1n) is 12.8. The molecule has 0 unspecified atom stereocenters. The van der Waals surface area contributed by atoms with E-state index in [-0.39, 0.29) is 29.4 Å². The molecule has 0 bridgehead atoms. The number of carbonyl (C=O) groups excluding carboxylic acids is 2. The number of nitrogens with zero attached hydrogens (tertiary/aromatic N) is 3. The summed E-state index contributed by atoms with van der Waals surface area (Å²) in [5.41, 5.74) is 1.99. The molecule has 9 heteroatoms. The number of aromatic nitrogens is 1. The van der Waals surface area contributed by atoms with Gasteiger partial charge in [-0.3, -0.25) is 14.6 Å². The predicted molar refractivity (Wildman–Crippen MR) is 147 cm³/mol. The number of hydrogen-bond donors (Lipinski definition) is 1. The van der Waals surface area contributed by atoms with Crippen LogP contribution in [0.4, 0.5) is 24.5 Å². The number of anilines is 2. The number of likely N-dealkylation sites (N-methyl/N-ethyl adjacent to an activating group) is 1. The van der Waals surface area contributed by atoms with E-state index in [0.29, 0.717) is 37.4 Å². The number of nitrogens with one attached hydrogen (secondary N) is 1. The van der Waals surface area contributed by atoms with Gasteiger partial charge in [-0.2, -0.15) is 13.2 Å². The summed E-state index contributed by atoms with van der Waals surface area (Å²) in [6.07, 6.45) is 1.52. The molecule has 0 spiro atoms. The summed E-state index contributed by atoms with van der Waals surface area (Å²) >= 11 is 0. The molecule has 1 aliphatic heterocycles. The Labute approximate surface area is 226 Å². The fourth-order valence-electron chi connectivity index (χ4n) is 4.54. The number of piperazine rings is 1. The average Bonchev–Trinajstić information content (AvgIpc) is 2.93. The van der Waals surface area contributed by atoms with E-state index in [2.05, 4.69) is 15.2 Å². The second kappa shape index (κ2) is 12.3. The Morgan fingerprint density at radius 3 is 2.49 bits per heavy atom. The van der Waals surface area contributed by atoms with Gasteiger partial charge >= 0.3 is 6.18 Å². The lowest BCUT2D eigenvalue weighted by molar-refractivity contribution is -0.137. The van der Waals surface area contributed by atoms with Crippen molar-refractivity contribution in [3.05, 3.63) is 94.8 Å². The summed E-state index contributed by atoms with van der Waals surface area (Å²) < 4.78 is 42.0. The number of alkyl halides is 3. The summed E-state index contributed by atoms with van der Waals surface area (Å²) in [5, 5.41) is 2.76. The molecule has 1 amide bonds. The molecule has 0 radical (unpaired) electrons. The highest BCUT2D eigenvalue weighted by molar-refractivity contribution is 6.04. The molecule has 1 N–H and O–H groups in total. The van der Waals surface area contributed by atoms with Crippen LogP contribution in [0, 0.1) is 6.92 Å². The Kier molecular flexibility index (Phi) is 8.81. The maximum atomic E-state index is 14.0. The van der Waals surface area contributed by atoms with Crippen LogP contribution in [-0.4, -0.2) is 54.3 Å². The Balaban J connectivity index is 1.48. The molecule has 3 aromatic rings. The Morgan fingerprint density at radius 2 is 1.82 bits per heavy atom. The van der Waals surface area contributed by atoms with Crippen molar-refractivity contribution in [2.75, 3.05) is 42.9 Å². The largest absolute Gasteiger partial charge is 0.418 e. The standard InChI is InChI=1S/C30H31F3N4O2/c1-3-36-13-15-37(16-14-36)27-10-7-23(17-25(27)30(31,32)33)18-28(38)24-9-6-21(2)26(19-24)35-29(39)11-8-22-5-4-12-34-20-22/h4-12,17,19-20H,3,13-16,18H2,1-2H3,(H,35,39)/b11-8+. The van der Waals surface area contributed by atoms with Crippen molar-refractivity contribution in [2.45, 2.75) is 26.4 Å². The van der Waals surface area contributed by atoms with Gasteiger partial charge in [-0.15, -0.1) is 0 Å². The Hall–Kier alpha value is -3.98. The number of rotatable bonds is 8. The molecule has 1 aromatic heterocycles. The molecule has 0 saturated carbocycles. The van der Waals surface area contributed by atoms with Crippen molar-refractivity contribution in [1.29, 1.82) is 0 Å². The molecule has 204 valence electrons. The van der Waals surface area contributed by atoms with Gasteiger partial charge in [-0.05, 0) is 60.5 Å². The molecular formula is C30H31F3N4O2. The molecule has 1 saturated heterocycles. The van der Waals surface area contributed by atoms with Crippen LogP contribution < -0.4 is 10.2 Å². The van der Waals surface area contributed by atoms with Gasteiger partial charge in [-0.25, -0.2) is 0 Å². The van der Waals surface area contributed by atoms with Gasteiger partial charge in [0.05, 0.1) is 5.56 Å². The number of halogens is 3. The van der Waals surface area contributed by atoms with E-state index in [0.717, 1.165) is 23.7 Å². The third-order valence-corrected chi connectivity index (χ3v) is 6.82. The van der Waals surface area contributed by atoms with Crippen molar-refractivity contribution < 1.29 is 22.8 Å². The number of carbonyl (C=O) groups is 2. The van der Waals surface area contributed by atoms with Crippen LogP contribution in [0.3, 0.4) is 0 Å². The molecule has 4 rings (SSSR count). The lowest BCUT2D eigenvalue weighted by atomic mass is 9.98. The highest BCUT2D eigenvalue weighted by atomic mass is 19.4. The molecule has 39 heavy (non-hydrogen) atoms. The van der Waals surface area contributed by atoms with Gasteiger partial charge in [0.1, 0.15) is 0 Å². The van der Waals surface area contributed by atoms with Crippen molar-refractivity contribution >= 4 is 29.1 Å². The number of ketones is 1. The maximum Gasteiger partial charge on any atom is 0.418 e. The zero-order chi connectivity index (χ0) is 28.0. The van der Waals surface area contributed by atoms with Crippen LogP contribution >= 0.6 is 0 Å². The van der Waals surface area contributed by atoms with E-state index in [9.17, 15) is 22.8 Å². The lowest BCUT2D eigenvalue weighted by Crippen LogP contribution is -2.46. The number of Topliss-reactive ketones (excluding diaryl/α,β-unsaturated/α-hetero) is 1. The van der Waals surface area contributed by atoms with Crippen LogP contribution in [0.5, 0.6) is 0 Å². The molecular weight excluding hydrogens is 505 g/mol. The fraction of sp³-hybridized carbons (Fsp3) is 0.300. The topological polar surface area (TPSA) is 65.5 Å². The second-order valence-electron chi connectivity index (χ2n) is 9.51. The van der Waals surface area contributed by atoms with E-state index < -0.39 is 11.7 Å². The van der Waals surface area contributed by atoms with Crippen LogP contribution in [0.1, 0.15) is 39.5 Å². The molecule has 2 aromatic carbocycles. The second-order valence-corrected chi connectivity index (χ2v) is 9.51. The first kappa shape index (κ1) is 28.0. The summed E-state index contributed by atoms with van der Waals surface area (Å²) in [6.45, 7) is 7.15. The third kappa shape index (κ3) is 7.32. The average molecular weight is 537 g/mol. The SMILES string of the molecule is CCN1CCN(c2ccc(CC(=O)c3ccc(C)c(NC(=O)/C=C/c4cccnc4)c3)cc2C(F)(F)F)CC1. The lowest BCUT2D eigenvalue weighted by Gasteiger charge is -2.36. The van der Waals surface area contributed by atoms with Gasteiger partial charge in [0.25, 0.3) is 0 Å². The van der Waals surface area contributed by atoms with Gasteiger partial charge < -0.3 is 15.1 Å². The number of hydrogen-bond acceptors (Lipinski definition) is 5. The van der Waals surface area contributed by atoms with Crippen molar-refractivity contribution in [3.8, 4) is 0 Å². The molecule has 6 nitrogen and oxygen atoms in total. The first-order chi connectivity index (χ1) is 18.6. The smallest absolute Gasteiger partial charge is 0.368 e. The minimum absolute atomic E-state index is 0.147. The van der Waals surface area contributed by atoms with E-state index >= 15 is 0 Å². The van der Waals surface area contributed by atoms with Crippen molar-refractivity contribution in [1.82, 2.24) is 9.88 Å². The van der Waals surface area contributed by atoms with Gasteiger partial charge in [0.15, 0.2) is 5.78 Å². The normalized spacial score (nSPS) is 14.5. The van der Waals surface area contributed by atoms with E-state index in [1.54, 1.807) is 60.6 Å². The number of benzene rings is 2. The number of aryl methyl sites for hydroxylation is 1. The quantitative estimate of drug-likeness (QED) is 0.299. The summed E-state index contributed by atoms with van der Waals surface area (Å²) in [5.74, 6) is -0.717. The minimum atomic E-state index is -4.54. The molecule has 2 heterocycles. The number of amides is 1. The maximum absolute atomic E-state index is 14.0. The van der Waals surface area contributed by atoms with Crippen LogP contribution in [-0.2, 0) is 17.4 Å². The monoisotopic (exact) mass is 536 g/mol. The minimum Gasteiger partial charge on any atom is -0.368 e. The van der Waals surface area contributed by atoms with Crippen LogP contribution in [0.2, 0.25) is 0 Å². The first-order valence-corrected chi connectivity index (χ1v) is 12.8. The van der Waals surface area contributed by atoms with E-state index in [4.69, 9.17) is 0 Å². The fourth-order valence-corrected chi connectivity index (χ4v) is 4.54. The Bertz CT molecular complexity index is 1350. The van der Waals surface area contributed by atoms with E-state index in [1.807, 2.05) is 13.0 Å². The van der Waals surface area contributed by atoms with Gasteiger partial charge in [0.2, 0.25) is 5.91 Å². The summed E-state index contributed by atoms with van der Waals surface area (Å²) in [4.78, 5) is 33.4. The van der Waals surface area contributed by atoms with Gasteiger partial charge in [-0.1, -0.05) is 31.2 Å². The third-order valence-electron chi connectivity index (χ3n) is 6.82. The van der Waals surface area contributed by atoms with Crippen molar-refractivity contribution in [2.24, 2.45) is 0 Å². The zero-order valence-corrected chi connectivity index (χ0v) is 22.0. The molecule has 1 fully saturated rings. The molecule has 0 atom stereocenters. The highest BCUT2D eigenvalue weighted by Crippen LogP contribution is 2.38. The summed E-state index contributed by atoms with van der Waals surface area (Å²) in [7, 11) is 0. The van der Waals surface area contributed by atoms with Crippen molar-refractivity contribution in [3.63, 3.8) is 0 Å².